The minimum atomic E-state index is -4.29. The second kappa shape index (κ2) is 6.47. The fourth-order valence-electron chi connectivity index (χ4n) is 0.643. The van der Waals surface area contributed by atoms with Crippen molar-refractivity contribution in [2.75, 3.05) is 13.2 Å². The summed E-state index contributed by atoms with van der Waals surface area (Å²) in [4.78, 5) is 10.7. The number of ether oxygens (including phenoxy) is 1. The molecule has 1 N–H and O–H groups in total. The number of unbranched alkanes of at least 4 members (excludes halogenated alkanes) is 1. The molecule has 0 heterocycles. The topological polar surface area (TPSA) is 38.3 Å². The average molecular weight is 231 g/mol. The monoisotopic (exact) mass is 231 g/mol. The van der Waals surface area contributed by atoms with Crippen LogP contribution in [0.2, 0.25) is 0 Å². The number of halogens is 4. The normalized spacial score (nSPS) is 11.6. The highest BCUT2D eigenvalue weighted by atomic mass is 19.3. The molecular weight excluding hydrogens is 218 g/mol. The lowest BCUT2D eigenvalue weighted by molar-refractivity contribution is -0.153. The molecule has 0 aromatic heterocycles. The van der Waals surface area contributed by atoms with Gasteiger partial charge in [-0.25, -0.2) is 13.6 Å². The lowest BCUT2D eigenvalue weighted by Crippen LogP contribution is -2.36. The van der Waals surface area contributed by atoms with E-state index in [-0.39, 0.29) is 6.54 Å². The van der Waals surface area contributed by atoms with Crippen LogP contribution in [0.15, 0.2) is 0 Å². The average Bonchev–Trinajstić information content (AvgIpc) is 2.15. The molecule has 0 unspecified atom stereocenters. The fourth-order valence-corrected chi connectivity index (χ4v) is 0.643. The van der Waals surface area contributed by atoms with Gasteiger partial charge in [0.05, 0.1) is 0 Å². The number of hydrogen-bond acceptors (Lipinski definition) is 2. The van der Waals surface area contributed by atoms with E-state index in [1.807, 2.05) is 6.92 Å². The van der Waals surface area contributed by atoms with Crippen molar-refractivity contribution in [3.05, 3.63) is 0 Å². The molecule has 0 bridgehead atoms. The van der Waals surface area contributed by atoms with Crippen molar-refractivity contribution >= 4 is 6.09 Å². The molecule has 0 aliphatic rings. The summed E-state index contributed by atoms with van der Waals surface area (Å²) in [5.74, 6) is -4.29. The first-order chi connectivity index (χ1) is 6.90. The van der Waals surface area contributed by atoms with E-state index in [1.165, 1.54) is 0 Å². The van der Waals surface area contributed by atoms with E-state index in [2.05, 4.69) is 10.1 Å². The molecular formula is C8H13F4NO2. The fraction of sp³-hybridized carbons (Fsp3) is 0.875. The minimum absolute atomic E-state index is 0.273. The number of hydrogen-bond donors (Lipinski definition) is 1. The van der Waals surface area contributed by atoms with Crippen LogP contribution in [-0.2, 0) is 4.74 Å². The van der Waals surface area contributed by atoms with E-state index in [4.69, 9.17) is 0 Å². The third-order valence-electron chi connectivity index (χ3n) is 1.51. The van der Waals surface area contributed by atoms with E-state index in [0.717, 1.165) is 6.42 Å². The Balaban J connectivity index is 3.71. The predicted molar refractivity (Wildman–Crippen MR) is 45.2 cm³/mol. The minimum Gasteiger partial charge on any atom is -0.443 e. The molecule has 0 saturated carbocycles. The summed E-state index contributed by atoms with van der Waals surface area (Å²) in [7, 11) is 0. The van der Waals surface area contributed by atoms with Crippen LogP contribution in [0.1, 0.15) is 19.8 Å². The molecule has 0 fully saturated rings. The summed E-state index contributed by atoms with van der Waals surface area (Å²) in [6.45, 7) is 0.538. The summed E-state index contributed by atoms with van der Waals surface area (Å²) in [6.07, 6.45) is -3.46. The van der Waals surface area contributed by atoms with Gasteiger partial charge in [-0.1, -0.05) is 13.3 Å². The molecule has 0 radical (unpaired) electrons. The Kier molecular flexibility index (Phi) is 6.03. The first-order valence-corrected chi connectivity index (χ1v) is 4.46. The summed E-state index contributed by atoms with van der Waals surface area (Å²) < 4.78 is 51.6. The number of amides is 1. The predicted octanol–water partition coefficient (Wildman–Crippen LogP) is 2.41. The molecule has 0 aliphatic heterocycles. The molecule has 1 amide bonds. The van der Waals surface area contributed by atoms with Gasteiger partial charge >= 0.3 is 18.4 Å². The van der Waals surface area contributed by atoms with Gasteiger partial charge in [-0.05, 0) is 6.42 Å². The molecule has 7 heteroatoms. The van der Waals surface area contributed by atoms with E-state index in [1.54, 1.807) is 0 Å². The first kappa shape index (κ1) is 14.0. The zero-order chi connectivity index (χ0) is 11.9. The first-order valence-electron chi connectivity index (χ1n) is 4.46. The van der Waals surface area contributed by atoms with E-state index in [0.29, 0.717) is 6.42 Å². The number of nitrogens with one attached hydrogen (secondary N) is 1. The smallest absolute Gasteiger partial charge is 0.407 e. The van der Waals surface area contributed by atoms with Crippen molar-refractivity contribution in [1.29, 1.82) is 0 Å². The Morgan fingerprint density at radius 2 is 2.07 bits per heavy atom. The lowest BCUT2D eigenvalue weighted by Gasteiger charge is -2.15. The molecule has 3 nitrogen and oxygen atoms in total. The molecule has 0 aromatic carbocycles. The number of rotatable bonds is 6. The zero-order valence-electron chi connectivity index (χ0n) is 8.23. The van der Waals surface area contributed by atoms with Crippen molar-refractivity contribution < 1.29 is 27.1 Å². The summed E-state index contributed by atoms with van der Waals surface area (Å²) in [5.41, 5.74) is 0. The van der Waals surface area contributed by atoms with Gasteiger partial charge in [0, 0.05) is 6.54 Å². The Labute approximate surface area is 84.8 Å². The van der Waals surface area contributed by atoms with Crippen molar-refractivity contribution in [3.63, 3.8) is 0 Å². The Morgan fingerprint density at radius 3 is 2.53 bits per heavy atom. The number of carbonyl (C=O) groups excluding carboxylic acids is 1. The Morgan fingerprint density at radius 1 is 1.47 bits per heavy atom. The molecule has 0 saturated heterocycles. The van der Waals surface area contributed by atoms with Crippen molar-refractivity contribution in [2.45, 2.75) is 32.1 Å². The van der Waals surface area contributed by atoms with Crippen molar-refractivity contribution in [1.82, 2.24) is 5.32 Å². The van der Waals surface area contributed by atoms with Gasteiger partial charge in [0.15, 0.2) is 6.61 Å². The second-order valence-corrected chi connectivity index (χ2v) is 2.92. The van der Waals surface area contributed by atoms with Gasteiger partial charge in [0.2, 0.25) is 0 Å². The Bertz CT molecular complexity index is 199. The van der Waals surface area contributed by atoms with E-state index < -0.39 is 25.0 Å². The van der Waals surface area contributed by atoms with Crippen LogP contribution in [-0.4, -0.2) is 31.6 Å². The number of alkyl carbamates (subject to hydrolysis) is 1. The summed E-state index contributed by atoms with van der Waals surface area (Å²) in [6, 6.07) is 0. The van der Waals surface area contributed by atoms with Crippen LogP contribution >= 0.6 is 0 Å². The standard InChI is InChI=1S/C8H13F4NO2/c1-2-3-4-13-7(14)15-5-8(11,12)6(9)10/h6H,2-5H2,1H3,(H,13,14). The van der Waals surface area contributed by atoms with Crippen molar-refractivity contribution in [2.24, 2.45) is 0 Å². The van der Waals surface area contributed by atoms with Crippen LogP contribution in [0.3, 0.4) is 0 Å². The summed E-state index contributed by atoms with van der Waals surface area (Å²) in [5, 5.41) is 2.16. The molecule has 15 heavy (non-hydrogen) atoms. The van der Waals surface area contributed by atoms with Crippen LogP contribution < -0.4 is 5.32 Å². The number of alkyl halides is 4. The maximum Gasteiger partial charge on any atom is 0.407 e. The van der Waals surface area contributed by atoms with Gasteiger partial charge in [0.25, 0.3) is 0 Å². The molecule has 0 spiro atoms. The highest BCUT2D eigenvalue weighted by Crippen LogP contribution is 2.22. The molecule has 0 aliphatic carbocycles. The molecule has 0 rings (SSSR count). The largest absolute Gasteiger partial charge is 0.443 e. The van der Waals surface area contributed by atoms with Gasteiger partial charge in [0.1, 0.15) is 0 Å². The van der Waals surface area contributed by atoms with E-state index in [9.17, 15) is 22.4 Å². The van der Waals surface area contributed by atoms with Crippen LogP contribution in [0, 0.1) is 0 Å². The zero-order valence-corrected chi connectivity index (χ0v) is 8.23. The highest BCUT2D eigenvalue weighted by molar-refractivity contribution is 5.67. The van der Waals surface area contributed by atoms with Gasteiger partial charge in [-0.3, -0.25) is 0 Å². The van der Waals surface area contributed by atoms with Crippen LogP contribution in [0.25, 0.3) is 0 Å². The molecule has 0 aromatic rings. The second-order valence-electron chi connectivity index (χ2n) is 2.92. The quantitative estimate of drug-likeness (QED) is 0.563. The van der Waals surface area contributed by atoms with Gasteiger partial charge in [-0.2, -0.15) is 8.78 Å². The van der Waals surface area contributed by atoms with E-state index >= 15 is 0 Å². The van der Waals surface area contributed by atoms with Gasteiger partial charge < -0.3 is 10.1 Å². The van der Waals surface area contributed by atoms with Crippen molar-refractivity contribution in [3.8, 4) is 0 Å². The lowest BCUT2D eigenvalue weighted by atomic mass is 10.3. The number of carbonyl (C=O) groups is 1. The summed E-state index contributed by atoms with van der Waals surface area (Å²) >= 11 is 0. The van der Waals surface area contributed by atoms with Crippen LogP contribution in [0.4, 0.5) is 22.4 Å². The molecule has 90 valence electrons. The molecule has 0 atom stereocenters. The highest BCUT2D eigenvalue weighted by Gasteiger charge is 2.42. The third-order valence-corrected chi connectivity index (χ3v) is 1.51. The Hall–Kier alpha value is -1.01. The SMILES string of the molecule is CCCCNC(=O)OCC(F)(F)C(F)F. The van der Waals surface area contributed by atoms with Crippen LogP contribution in [0.5, 0.6) is 0 Å². The maximum absolute atomic E-state index is 12.2. The maximum atomic E-state index is 12.2. The third kappa shape index (κ3) is 6.14. The van der Waals surface area contributed by atoms with Gasteiger partial charge in [-0.15, -0.1) is 0 Å².